The Labute approximate surface area is 147 Å². The third-order valence-electron chi connectivity index (χ3n) is 5.17. The lowest BCUT2D eigenvalue weighted by Gasteiger charge is -2.35. The molecular formula is C20H24N2OS. The maximum Gasteiger partial charge on any atom is 0.0906 e. The van der Waals surface area contributed by atoms with Crippen LogP contribution in [0.4, 0.5) is 0 Å². The van der Waals surface area contributed by atoms with E-state index in [1.165, 1.54) is 34.0 Å². The number of hydrogen-bond donors (Lipinski definition) is 1. The summed E-state index contributed by atoms with van der Waals surface area (Å²) in [7, 11) is 0. The molecule has 1 N–H and O–H groups in total. The average molecular weight is 340 g/mol. The molecule has 24 heavy (non-hydrogen) atoms. The molecule has 1 atom stereocenters. The van der Waals surface area contributed by atoms with Gasteiger partial charge in [0.05, 0.1) is 11.6 Å². The molecule has 2 heterocycles. The second-order valence-corrected chi connectivity index (χ2v) is 8.30. The third kappa shape index (κ3) is 2.53. The quantitative estimate of drug-likeness (QED) is 0.720. The maximum atomic E-state index is 11.1. The van der Waals surface area contributed by atoms with E-state index in [4.69, 9.17) is 0 Å². The standard InChI is InChI=1S/C20H24N2OS/c1-20(2,19(23)14-21-12-7-13-24-21)22-17-10-5-3-8-15(17)16-9-4-6-11-18(16)22/h3-6,8-11,19,23H,7,12-14H2,1-2H3. The monoisotopic (exact) mass is 340 g/mol. The van der Waals surface area contributed by atoms with Gasteiger partial charge in [-0.1, -0.05) is 48.3 Å². The molecule has 4 heteroatoms. The van der Waals surface area contributed by atoms with Crippen molar-refractivity contribution in [3.8, 4) is 0 Å². The first-order valence-electron chi connectivity index (χ1n) is 8.63. The summed E-state index contributed by atoms with van der Waals surface area (Å²) in [6.07, 6.45) is 0.787. The van der Waals surface area contributed by atoms with Crippen molar-refractivity contribution in [2.45, 2.75) is 31.9 Å². The SMILES string of the molecule is CC(C)(C(O)CN1CCCS1)n1c2ccccc2c2ccccc21. The molecule has 0 radical (unpaired) electrons. The van der Waals surface area contributed by atoms with Crippen LogP contribution < -0.4 is 0 Å². The minimum absolute atomic E-state index is 0.383. The minimum Gasteiger partial charge on any atom is -0.389 e. The van der Waals surface area contributed by atoms with Gasteiger partial charge in [0.2, 0.25) is 0 Å². The van der Waals surface area contributed by atoms with Crippen molar-refractivity contribution in [1.82, 2.24) is 8.87 Å². The van der Waals surface area contributed by atoms with Gasteiger partial charge in [-0.25, -0.2) is 4.31 Å². The number of hydrogen-bond acceptors (Lipinski definition) is 3. The number of nitrogens with zero attached hydrogens (tertiary/aromatic N) is 2. The van der Waals surface area contributed by atoms with Crippen LogP contribution in [-0.2, 0) is 5.54 Å². The lowest BCUT2D eigenvalue weighted by Crippen LogP contribution is -2.44. The molecule has 0 amide bonds. The van der Waals surface area contributed by atoms with Crippen molar-refractivity contribution in [3.63, 3.8) is 0 Å². The van der Waals surface area contributed by atoms with Crippen LogP contribution in [-0.4, -0.2) is 38.9 Å². The fourth-order valence-corrected chi connectivity index (χ4v) is 4.77. The summed E-state index contributed by atoms with van der Waals surface area (Å²) in [6.45, 7) is 6.08. The first-order chi connectivity index (χ1) is 11.6. The number of β-amino-alcohol motifs (C(OH)–C–C–N with tert-alkyl or cyclic N) is 1. The largest absolute Gasteiger partial charge is 0.389 e. The minimum atomic E-state index is -0.428. The first-order valence-corrected chi connectivity index (χ1v) is 9.58. The van der Waals surface area contributed by atoms with Gasteiger partial charge in [0.15, 0.2) is 0 Å². The molecule has 1 unspecified atom stereocenters. The van der Waals surface area contributed by atoms with E-state index in [9.17, 15) is 5.11 Å². The first kappa shape index (κ1) is 16.0. The lowest BCUT2D eigenvalue weighted by molar-refractivity contribution is 0.0498. The molecule has 2 aromatic carbocycles. The van der Waals surface area contributed by atoms with Crippen molar-refractivity contribution >= 4 is 33.8 Å². The lowest BCUT2D eigenvalue weighted by atomic mass is 9.96. The van der Waals surface area contributed by atoms with E-state index in [0.717, 1.165) is 6.54 Å². The molecule has 0 spiro atoms. The predicted octanol–water partition coefficient (Wildman–Crippen LogP) is 4.24. The molecule has 126 valence electrons. The Hall–Kier alpha value is -1.49. The zero-order valence-electron chi connectivity index (χ0n) is 14.3. The van der Waals surface area contributed by atoms with Gasteiger partial charge in [-0.2, -0.15) is 0 Å². The van der Waals surface area contributed by atoms with Crippen LogP contribution in [0.3, 0.4) is 0 Å². The Morgan fingerprint density at radius 3 is 2.17 bits per heavy atom. The Bertz CT molecular complexity index is 811. The Balaban J connectivity index is 1.83. The predicted molar refractivity (Wildman–Crippen MR) is 103 cm³/mol. The summed E-state index contributed by atoms with van der Waals surface area (Å²) < 4.78 is 4.63. The second kappa shape index (κ2) is 6.10. The summed E-state index contributed by atoms with van der Waals surface area (Å²) in [4.78, 5) is 0. The highest BCUT2D eigenvalue weighted by Gasteiger charge is 2.34. The van der Waals surface area contributed by atoms with E-state index in [1.54, 1.807) is 0 Å². The van der Waals surface area contributed by atoms with Crippen LogP contribution in [0.1, 0.15) is 20.3 Å². The molecule has 3 aromatic rings. The Morgan fingerprint density at radius 1 is 1.04 bits per heavy atom. The van der Waals surface area contributed by atoms with Gasteiger partial charge in [-0.05, 0) is 32.4 Å². The molecule has 0 bridgehead atoms. The van der Waals surface area contributed by atoms with Gasteiger partial charge < -0.3 is 9.67 Å². The van der Waals surface area contributed by atoms with E-state index in [-0.39, 0.29) is 5.54 Å². The molecule has 1 fully saturated rings. The summed E-state index contributed by atoms with van der Waals surface area (Å²) in [6, 6.07) is 17.0. The number of aliphatic hydroxyl groups is 1. The maximum absolute atomic E-state index is 11.1. The van der Waals surface area contributed by atoms with Crippen molar-refractivity contribution in [2.75, 3.05) is 18.8 Å². The zero-order chi connectivity index (χ0) is 16.7. The summed E-state index contributed by atoms with van der Waals surface area (Å²) in [5, 5.41) is 13.6. The van der Waals surface area contributed by atoms with E-state index >= 15 is 0 Å². The summed E-state index contributed by atoms with van der Waals surface area (Å²) in [5.41, 5.74) is 2.00. The van der Waals surface area contributed by atoms with Crippen molar-refractivity contribution in [2.24, 2.45) is 0 Å². The molecule has 0 saturated carbocycles. The average Bonchev–Trinajstić information content (AvgIpc) is 3.20. The number of fused-ring (bicyclic) bond motifs is 3. The molecule has 1 aliphatic rings. The molecule has 4 rings (SSSR count). The highest BCUT2D eigenvalue weighted by Crippen LogP contribution is 2.36. The third-order valence-corrected chi connectivity index (χ3v) is 6.34. The fraction of sp³-hybridized carbons (Fsp3) is 0.400. The van der Waals surface area contributed by atoms with Crippen LogP contribution in [0.25, 0.3) is 21.8 Å². The van der Waals surface area contributed by atoms with Gasteiger partial charge in [0.25, 0.3) is 0 Å². The van der Waals surface area contributed by atoms with Crippen molar-refractivity contribution < 1.29 is 5.11 Å². The second-order valence-electron chi connectivity index (χ2n) is 7.11. The van der Waals surface area contributed by atoms with Crippen LogP contribution in [0.5, 0.6) is 0 Å². The van der Waals surface area contributed by atoms with Gasteiger partial charge in [0.1, 0.15) is 0 Å². The van der Waals surface area contributed by atoms with Gasteiger partial charge in [-0.3, -0.25) is 0 Å². The molecule has 1 aliphatic heterocycles. The molecule has 1 saturated heterocycles. The number of aliphatic hydroxyl groups excluding tert-OH is 1. The normalized spacial score (nSPS) is 17.8. The Kier molecular flexibility index (Phi) is 4.07. The number of aromatic nitrogens is 1. The summed E-state index contributed by atoms with van der Waals surface area (Å²) in [5.74, 6) is 1.17. The number of benzene rings is 2. The summed E-state index contributed by atoms with van der Waals surface area (Å²) >= 11 is 1.86. The van der Waals surface area contributed by atoms with E-state index in [1.807, 2.05) is 11.9 Å². The topological polar surface area (TPSA) is 28.4 Å². The fourth-order valence-electron chi connectivity index (χ4n) is 3.75. The van der Waals surface area contributed by atoms with Crippen LogP contribution in [0, 0.1) is 0 Å². The molecule has 1 aromatic heterocycles. The van der Waals surface area contributed by atoms with Gasteiger partial charge in [-0.15, -0.1) is 0 Å². The smallest absolute Gasteiger partial charge is 0.0906 e. The van der Waals surface area contributed by atoms with E-state index in [0.29, 0.717) is 6.54 Å². The van der Waals surface area contributed by atoms with Crippen LogP contribution in [0.15, 0.2) is 48.5 Å². The molecule has 0 aliphatic carbocycles. The zero-order valence-corrected chi connectivity index (χ0v) is 15.1. The van der Waals surface area contributed by atoms with E-state index in [2.05, 4.69) is 71.3 Å². The number of para-hydroxylation sites is 2. The van der Waals surface area contributed by atoms with Crippen LogP contribution >= 0.6 is 11.9 Å². The van der Waals surface area contributed by atoms with Crippen LogP contribution in [0.2, 0.25) is 0 Å². The van der Waals surface area contributed by atoms with E-state index < -0.39 is 6.10 Å². The van der Waals surface area contributed by atoms with Crippen molar-refractivity contribution in [1.29, 1.82) is 0 Å². The van der Waals surface area contributed by atoms with Gasteiger partial charge >= 0.3 is 0 Å². The van der Waals surface area contributed by atoms with Gasteiger partial charge in [0, 0.05) is 40.6 Å². The molecular weight excluding hydrogens is 316 g/mol. The highest BCUT2D eigenvalue weighted by atomic mass is 32.2. The highest BCUT2D eigenvalue weighted by molar-refractivity contribution is 7.97. The molecule has 3 nitrogen and oxygen atoms in total. The van der Waals surface area contributed by atoms with Crippen molar-refractivity contribution in [3.05, 3.63) is 48.5 Å². The number of rotatable bonds is 4. The Morgan fingerprint density at radius 2 is 1.62 bits per heavy atom.